The molecule has 0 radical (unpaired) electrons. The Bertz CT molecular complexity index is 2190. The van der Waals surface area contributed by atoms with Crippen LogP contribution >= 0.6 is 0 Å². The van der Waals surface area contributed by atoms with Gasteiger partial charge in [0.25, 0.3) is 0 Å². The Morgan fingerprint density at radius 2 is 1.21 bits per heavy atom. The zero-order valence-electron chi connectivity index (χ0n) is 24.1. The van der Waals surface area contributed by atoms with Gasteiger partial charge in [0.2, 0.25) is 5.95 Å². The molecule has 0 N–H and O–H groups in total. The van der Waals surface area contributed by atoms with Gasteiger partial charge >= 0.3 is 0 Å². The predicted octanol–water partition coefficient (Wildman–Crippen LogP) is 10.0. The fourth-order valence-electron chi connectivity index (χ4n) is 6.09. The molecule has 42 heavy (non-hydrogen) atoms. The highest BCUT2D eigenvalue weighted by molar-refractivity contribution is 6.13. The summed E-state index contributed by atoms with van der Waals surface area (Å²) in [6.07, 6.45) is 15.5. The van der Waals surface area contributed by atoms with Gasteiger partial charge in [-0.05, 0) is 85.2 Å². The van der Waals surface area contributed by atoms with E-state index >= 15 is 0 Å². The highest BCUT2D eigenvalue weighted by Crippen LogP contribution is 2.38. The fraction of sp³-hybridized carbons (Fsp3) is 0.105. The Balaban J connectivity index is 0.00000141. The highest BCUT2D eigenvalue weighted by atomic mass is 15.1. The molecule has 0 bridgehead atoms. The van der Waals surface area contributed by atoms with Crippen molar-refractivity contribution >= 4 is 49.3 Å². The maximum absolute atomic E-state index is 4.55. The third kappa shape index (κ3) is 4.15. The molecule has 3 heterocycles. The summed E-state index contributed by atoms with van der Waals surface area (Å²) in [4.78, 5) is 9.11. The van der Waals surface area contributed by atoms with Crippen LogP contribution in [-0.2, 0) is 0 Å². The molecule has 0 unspecified atom stereocenters. The highest BCUT2D eigenvalue weighted by Gasteiger charge is 2.17. The third-order valence-corrected chi connectivity index (χ3v) is 7.90. The number of hydrogen-bond donors (Lipinski definition) is 0. The largest absolute Gasteiger partial charge is 0.309 e. The molecule has 0 aliphatic heterocycles. The second-order valence-corrected chi connectivity index (χ2v) is 10.4. The SMILES string of the molecule is CC.Cc1ccc2c(c1)c1cc(-c3ccc4c(c3)c3ccccc3n4-c3ncccn3)ccc1n2C1=CC=CCC=C1. The standard InChI is InChI=1S/C36H26N4.C2H6/c1-24-13-16-33-29(21-24)31-23-26(14-17-34(31)39(33)27-9-4-2-3-5-10-27)25-15-18-35-30(22-25)28-11-6-7-12-32(28)40(35)36-37-19-8-20-38-36;1-2/h2,4-23H,3H2,1H3;1-2H3. The molecule has 0 saturated heterocycles. The first-order chi connectivity index (χ1) is 20.8. The Labute approximate surface area is 245 Å². The summed E-state index contributed by atoms with van der Waals surface area (Å²) in [6.45, 7) is 6.17. The van der Waals surface area contributed by atoms with Gasteiger partial charge in [-0.2, -0.15) is 0 Å². The van der Waals surface area contributed by atoms with Gasteiger partial charge in [0, 0.05) is 39.6 Å². The van der Waals surface area contributed by atoms with Crippen LogP contribution in [0.5, 0.6) is 0 Å². The van der Waals surface area contributed by atoms with Crippen LogP contribution in [0.4, 0.5) is 0 Å². The van der Waals surface area contributed by atoms with Gasteiger partial charge in [0.15, 0.2) is 0 Å². The lowest BCUT2D eigenvalue weighted by Gasteiger charge is -2.09. The molecule has 204 valence electrons. The first kappa shape index (κ1) is 25.7. The van der Waals surface area contributed by atoms with E-state index in [4.69, 9.17) is 0 Å². The second-order valence-electron chi connectivity index (χ2n) is 10.4. The van der Waals surface area contributed by atoms with E-state index in [0.29, 0.717) is 5.95 Å². The fourth-order valence-corrected chi connectivity index (χ4v) is 6.09. The third-order valence-electron chi connectivity index (χ3n) is 7.90. The van der Waals surface area contributed by atoms with Crippen molar-refractivity contribution in [2.45, 2.75) is 27.2 Å². The number of fused-ring (bicyclic) bond motifs is 6. The van der Waals surface area contributed by atoms with Crippen molar-refractivity contribution in [2.24, 2.45) is 0 Å². The molecule has 7 aromatic rings. The number of nitrogens with zero attached hydrogens (tertiary/aromatic N) is 4. The molecule has 0 spiro atoms. The Kier molecular flexibility index (Phi) is 6.52. The van der Waals surface area contributed by atoms with E-state index in [2.05, 4.69) is 135 Å². The number of rotatable bonds is 3. The molecule has 0 saturated carbocycles. The molecule has 1 aliphatic carbocycles. The first-order valence-electron chi connectivity index (χ1n) is 14.7. The monoisotopic (exact) mass is 544 g/mol. The minimum atomic E-state index is 0.683. The van der Waals surface area contributed by atoms with Crippen molar-refractivity contribution in [1.29, 1.82) is 0 Å². The molecule has 0 fully saturated rings. The molecule has 0 atom stereocenters. The van der Waals surface area contributed by atoms with Crippen LogP contribution in [0.3, 0.4) is 0 Å². The van der Waals surface area contributed by atoms with Crippen LogP contribution in [0, 0.1) is 6.92 Å². The van der Waals surface area contributed by atoms with Crippen LogP contribution in [0.25, 0.3) is 66.4 Å². The molecular formula is C38H32N4. The van der Waals surface area contributed by atoms with E-state index in [0.717, 1.165) is 17.5 Å². The minimum Gasteiger partial charge on any atom is -0.309 e. The summed E-state index contributed by atoms with van der Waals surface area (Å²) >= 11 is 0. The zero-order valence-corrected chi connectivity index (χ0v) is 24.1. The van der Waals surface area contributed by atoms with Crippen molar-refractivity contribution < 1.29 is 0 Å². The van der Waals surface area contributed by atoms with Crippen molar-refractivity contribution in [2.75, 3.05) is 0 Å². The second kappa shape index (κ2) is 10.6. The number of para-hydroxylation sites is 1. The smallest absolute Gasteiger partial charge is 0.234 e. The van der Waals surface area contributed by atoms with Crippen LogP contribution < -0.4 is 0 Å². The minimum absolute atomic E-state index is 0.683. The summed E-state index contributed by atoms with van der Waals surface area (Å²) in [7, 11) is 0. The Hall–Kier alpha value is -5.22. The van der Waals surface area contributed by atoms with Crippen LogP contribution in [0.2, 0.25) is 0 Å². The van der Waals surface area contributed by atoms with Gasteiger partial charge in [-0.1, -0.05) is 74.0 Å². The number of allylic oxidation sites excluding steroid dienone is 6. The van der Waals surface area contributed by atoms with E-state index in [9.17, 15) is 0 Å². The lowest BCUT2D eigenvalue weighted by molar-refractivity contribution is 0.988. The average molecular weight is 545 g/mol. The summed E-state index contributed by atoms with van der Waals surface area (Å²) < 4.78 is 4.53. The zero-order chi connectivity index (χ0) is 28.6. The Morgan fingerprint density at radius 1 is 0.595 bits per heavy atom. The topological polar surface area (TPSA) is 35.6 Å². The van der Waals surface area contributed by atoms with Gasteiger partial charge in [0.05, 0.1) is 22.1 Å². The molecule has 0 amide bonds. The predicted molar refractivity (Wildman–Crippen MR) is 178 cm³/mol. The van der Waals surface area contributed by atoms with Crippen LogP contribution in [0.15, 0.2) is 128 Å². The van der Waals surface area contributed by atoms with E-state index in [1.165, 1.54) is 55.0 Å². The first-order valence-corrected chi connectivity index (χ1v) is 14.7. The maximum atomic E-state index is 4.55. The molecule has 1 aliphatic rings. The van der Waals surface area contributed by atoms with E-state index < -0.39 is 0 Å². The van der Waals surface area contributed by atoms with Gasteiger partial charge < -0.3 is 4.57 Å². The van der Waals surface area contributed by atoms with Gasteiger partial charge in [-0.3, -0.25) is 4.57 Å². The van der Waals surface area contributed by atoms with E-state index in [1.54, 1.807) is 12.4 Å². The lowest BCUT2D eigenvalue weighted by Crippen LogP contribution is -1.99. The Morgan fingerprint density at radius 3 is 1.98 bits per heavy atom. The molecule has 8 rings (SSSR count). The van der Waals surface area contributed by atoms with Crippen molar-refractivity contribution in [3.05, 3.63) is 133 Å². The molecule has 4 nitrogen and oxygen atoms in total. The molecule has 3 aromatic heterocycles. The van der Waals surface area contributed by atoms with Gasteiger partial charge in [-0.25, -0.2) is 9.97 Å². The lowest BCUT2D eigenvalue weighted by atomic mass is 10.0. The molecule has 4 heteroatoms. The molecular weight excluding hydrogens is 512 g/mol. The van der Waals surface area contributed by atoms with Crippen LogP contribution in [0.1, 0.15) is 25.8 Å². The summed E-state index contributed by atoms with van der Waals surface area (Å²) in [5.74, 6) is 0.683. The summed E-state index contributed by atoms with van der Waals surface area (Å²) in [6, 6.07) is 30.7. The quantitative estimate of drug-likeness (QED) is 0.222. The van der Waals surface area contributed by atoms with Gasteiger partial charge in [0.1, 0.15) is 0 Å². The number of benzene rings is 4. The average Bonchev–Trinajstić information content (AvgIpc) is 3.39. The van der Waals surface area contributed by atoms with Crippen molar-refractivity contribution in [1.82, 2.24) is 19.1 Å². The normalized spacial score (nSPS) is 13.0. The number of aryl methyl sites for hydroxylation is 1. The van der Waals surface area contributed by atoms with Crippen molar-refractivity contribution in [3.63, 3.8) is 0 Å². The van der Waals surface area contributed by atoms with E-state index in [-0.39, 0.29) is 0 Å². The van der Waals surface area contributed by atoms with Gasteiger partial charge in [-0.15, -0.1) is 0 Å². The van der Waals surface area contributed by atoms with Crippen molar-refractivity contribution in [3.8, 4) is 17.1 Å². The van der Waals surface area contributed by atoms with Crippen LogP contribution in [-0.4, -0.2) is 19.1 Å². The van der Waals surface area contributed by atoms with E-state index in [1.807, 2.05) is 19.9 Å². The summed E-state index contributed by atoms with van der Waals surface area (Å²) in [5, 5.41) is 4.93. The summed E-state index contributed by atoms with van der Waals surface area (Å²) in [5.41, 5.74) is 9.49. The number of hydrogen-bond acceptors (Lipinski definition) is 2. The molecule has 4 aromatic carbocycles. The number of aromatic nitrogens is 4. The maximum Gasteiger partial charge on any atom is 0.234 e.